The van der Waals surface area contributed by atoms with Crippen LogP contribution in [0.1, 0.15) is 6.92 Å². The number of nitrogens with zero attached hydrogens (tertiary/aromatic N) is 6. The van der Waals surface area contributed by atoms with Crippen molar-refractivity contribution in [2.45, 2.75) is 6.92 Å². The summed E-state index contributed by atoms with van der Waals surface area (Å²) in [5, 5.41) is 4.81. The summed E-state index contributed by atoms with van der Waals surface area (Å²) >= 11 is 0. The van der Waals surface area contributed by atoms with E-state index in [2.05, 4.69) is 371 Å². The molecule has 0 aliphatic rings. The molecule has 16 rings (SSSR count). The minimum atomic E-state index is 0.535. The van der Waals surface area contributed by atoms with E-state index >= 15 is 0 Å². The van der Waals surface area contributed by atoms with E-state index < -0.39 is 0 Å². The molecule has 0 aliphatic heterocycles. The molecule has 16 aromatic rings. The van der Waals surface area contributed by atoms with Gasteiger partial charge in [0.25, 0.3) is 0 Å². The fourth-order valence-corrected chi connectivity index (χ4v) is 13.5. The Morgan fingerprint density at radius 2 is 0.768 bits per heavy atom. The lowest BCUT2D eigenvalue weighted by Gasteiger charge is -2.27. The van der Waals surface area contributed by atoms with Crippen molar-refractivity contribution in [2.75, 3.05) is 9.80 Å². The lowest BCUT2D eigenvalue weighted by atomic mass is 9.92. The second-order valence-electron chi connectivity index (χ2n) is 23.7. The van der Waals surface area contributed by atoms with Crippen molar-refractivity contribution in [2.24, 2.45) is 0 Å². The van der Waals surface area contributed by atoms with Crippen molar-refractivity contribution in [1.29, 1.82) is 0 Å². The molecule has 0 bridgehead atoms. The molecule has 0 atom stereocenters. The zero-order valence-corrected chi connectivity index (χ0v) is 52.5. The summed E-state index contributed by atoms with van der Waals surface area (Å²) in [4.78, 5) is 15.9. The van der Waals surface area contributed by atoms with Gasteiger partial charge in [-0.3, -0.25) is 4.90 Å². The molecule has 0 fully saturated rings. The molecule has 450 valence electrons. The number of allylic oxidation sites excluding steroid dienone is 5. The third kappa shape index (κ3) is 10.9. The molecule has 0 aliphatic carbocycles. The molecule has 0 spiro atoms. The van der Waals surface area contributed by atoms with Crippen molar-refractivity contribution in [3.63, 3.8) is 0 Å². The van der Waals surface area contributed by atoms with E-state index in [-0.39, 0.29) is 0 Å². The van der Waals surface area contributed by atoms with Gasteiger partial charge in [-0.2, -0.15) is 0 Å². The monoisotopic (exact) mass is 1220 g/mol. The molecule has 95 heavy (non-hydrogen) atoms. The van der Waals surface area contributed by atoms with Crippen LogP contribution < -0.4 is 9.80 Å². The Kier molecular flexibility index (Phi) is 15.3. The second kappa shape index (κ2) is 25.2. The summed E-state index contributed by atoms with van der Waals surface area (Å²) in [5.74, 6) is 0.535. The number of anilines is 6. The van der Waals surface area contributed by atoms with Gasteiger partial charge in [0, 0.05) is 72.5 Å². The van der Waals surface area contributed by atoms with E-state index in [1.165, 1.54) is 32.6 Å². The van der Waals surface area contributed by atoms with Gasteiger partial charge >= 0.3 is 0 Å². The Labute approximate surface area is 553 Å². The van der Waals surface area contributed by atoms with Gasteiger partial charge in [0.05, 0.1) is 33.5 Å². The third-order valence-corrected chi connectivity index (χ3v) is 18.0. The molecular weight excluding hydrogens is 1150 g/mol. The van der Waals surface area contributed by atoms with E-state index in [9.17, 15) is 0 Å². The highest BCUT2D eigenvalue weighted by molar-refractivity contribution is 6.12. The predicted octanol–water partition coefficient (Wildman–Crippen LogP) is 24.2. The number of aromatic nitrogens is 4. The second-order valence-corrected chi connectivity index (χ2v) is 23.7. The zero-order valence-electron chi connectivity index (χ0n) is 52.5. The largest absolute Gasteiger partial charge is 0.310 e. The standard InChI is InChI=1S/C89H64N6/c1-3-5-31-70(4-2)94-85-41-23-21-39-78(85)81-59-67(48-55-87(81)94)63-43-50-74(51-44-63)92(71-32-15-8-16-33-71)76-38-25-30-69(57-76)83-61-84(77-54-47-66(62-26-11-6-12-27-62)58-80(77)65-28-13-7-14-29-65)91-89(90-83)93(72-34-17-9-18-35-72)75-52-45-64(46-53-75)68-49-56-88-82(60-68)79-40-22-24-42-86(79)95(88)73-36-19-10-20-37-73/h3-61H,2H2,1H3/b5-3-,70-31+. The van der Waals surface area contributed by atoms with Gasteiger partial charge in [0.15, 0.2) is 0 Å². The fourth-order valence-electron chi connectivity index (χ4n) is 13.5. The van der Waals surface area contributed by atoms with Gasteiger partial charge in [-0.15, -0.1) is 0 Å². The van der Waals surface area contributed by atoms with Crippen LogP contribution in [-0.2, 0) is 0 Å². The molecule has 3 aromatic heterocycles. The van der Waals surface area contributed by atoms with Crippen LogP contribution in [0.3, 0.4) is 0 Å². The molecule has 0 unspecified atom stereocenters. The first kappa shape index (κ1) is 57.5. The van der Waals surface area contributed by atoms with Gasteiger partial charge in [-0.05, 0) is 185 Å². The van der Waals surface area contributed by atoms with Crippen molar-refractivity contribution < 1.29 is 0 Å². The molecule has 3 heterocycles. The summed E-state index contributed by atoms with van der Waals surface area (Å²) in [6.07, 6.45) is 8.15. The van der Waals surface area contributed by atoms with Crippen molar-refractivity contribution in [3.8, 4) is 72.7 Å². The highest BCUT2D eigenvalue weighted by Gasteiger charge is 2.23. The molecule has 0 N–H and O–H groups in total. The van der Waals surface area contributed by atoms with Crippen LogP contribution in [0.25, 0.3) is 122 Å². The lowest BCUT2D eigenvalue weighted by molar-refractivity contribution is 1.09. The molecule has 0 saturated carbocycles. The van der Waals surface area contributed by atoms with Crippen LogP contribution in [0.4, 0.5) is 34.4 Å². The Bertz CT molecular complexity index is 5540. The van der Waals surface area contributed by atoms with Gasteiger partial charge in [0.1, 0.15) is 0 Å². The van der Waals surface area contributed by atoms with Gasteiger partial charge in [0.2, 0.25) is 5.95 Å². The van der Waals surface area contributed by atoms with Crippen LogP contribution in [0, 0.1) is 0 Å². The predicted molar refractivity (Wildman–Crippen MR) is 401 cm³/mol. The minimum absolute atomic E-state index is 0.535. The van der Waals surface area contributed by atoms with Crippen LogP contribution in [0.5, 0.6) is 0 Å². The Morgan fingerprint density at radius 1 is 0.326 bits per heavy atom. The number of rotatable bonds is 16. The van der Waals surface area contributed by atoms with Gasteiger partial charge in [-0.1, -0.05) is 231 Å². The SMILES string of the molecule is C=C/C(=C\C=C/C)n1c2ccccc2c2cc(-c3ccc(N(c4ccccc4)c4cccc(-c5cc(-c6ccc(-c7ccccc7)cc6-c6ccccc6)nc(N(c6ccccc6)c6ccc(-c7ccc8c(c7)c7ccccc7n8-c7ccccc7)cc6)n5)c4)cc3)ccc21. The van der Waals surface area contributed by atoms with Crippen LogP contribution in [0.2, 0.25) is 0 Å². The summed E-state index contributed by atoms with van der Waals surface area (Å²) < 4.78 is 4.66. The van der Waals surface area contributed by atoms with Crippen LogP contribution in [-0.4, -0.2) is 19.1 Å². The molecule has 0 radical (unpaired) electrons. The maximum absolute atomic E-state index is 5.67. The summed E-state index contributed by atoms with van der Waals surface area (Å²) in [6, 6.07) is 119. The number of hydrogen-bond acceptors (Lipinski definition) is 4. The van der Waals surface area contributed by atoms with E-state index in [0.29, 0.717) is 5.95 Å². The quantitative estimate of drug-likeness (QED) is 0.0904. The number of fused-ring (bicyclic) bond motifs is 6. The third-order valence-electron chi connectivity index (χ3n) is 18.0. The first-order valence-electron chi connectivity index (χ1n) is 32.3. The molecule has 6 nitrogen and oxygen atoms in total. The Hall–Kier alpha value is -12.6. The molecule has 13 aromatic carbocycles. The van der Waals surface area contributed by atoms with E-state index in [0.717, 1.165) is 118 Å². The molecule has 0 amide bonds. The maximum Gasteiger partial charge on any atom is 0.235 e. The smallest absolute Gasteiger partial charge is 0.235 e. The number of hydrogen-bond donors (Lipinski definition) is 0. The van der Waals surface area contributed by atoms with Crippen LogP contribution >= 0.6 is 0 Å². The van der Waals surface area contributed by atoms with Crippen molar-refractivity contribution >= 4 is 83.7 Å². The first-order chi connectivity index (χ1) is 47.0. The van der Waals surface area contributed by atoms with Gasteiger partial charge < -0.3 is 14.0 Å². The van der Waals surface area contributed by atoms with Gasteiger partial charge in [-0.25, -0.2) is 9.97 Å². The zero-order chi connectivity index (χ0) is 63.6. The average molecular weight is 1220 g/mol. The molecule has 6 heteroatoms. The van der Waals surface area contributed by atoms with E-state index in [1.807, 2.05) is 19.1 Å². The first-order valence-corrected chi connectivity index (χ1v) is 32.3. The topological polar surface area (TPSA) is 42.1 Å². The minimum Gasteiger partial charge on any atom is -0.310 e. The Balaban J connectivity index is 0.821. The Morgan fingerprint density at radius 3 is 1.41 bits per heavy atom. The number of para-hydroxylation sites is 5. The summed E-state index contributed by atoms with van der Waals surface area (Å²) in [6.45, 7) is 6.23. The van der Waals surface area contributed by atoms with Crippen LogP contribution in [0.15, 0.2) is 365 Å². The lowest BCUT2D eigenvalue weighted by Crippen LogP contribution is -2.14. The summed E-state index contributed by atoms with van der Waals surface area (Å²) in [7, 11) is 0. The maximum atomic E-state index is 5.67. The highest BCUT2D eigenvalue weighted by Crippen LogP contribution is 2.44. The van der Waals surface area contributed by atoms with Crippen molar-refractivity contribution in [1.82, 2.24) is 19.1 Å². The number of benzene rings is 13. The molecule has 0 saturated heterocycles. The fraction of sp³-hybridized carbons (Fsp3) is 0.0112. The average Bonchev–Trinajstić information content (AvgIpc) is 1.65. The van der Waals surface area contributed by atoms with E-state index in [1.54, 1.807) is 0 Å². The highest BCUT2D eigenvalue weighted by atomic mass is 15.3. The molecular formula is C89H64N6. The normalized spacial score (nSPS) is 11.7. The van der Waals surface area contributed by atoms with Crippen molar-refractivity contribution in [3.05, 3.63) is 365 Å². The van der Waals surface area contributed by atoms with E-state index in [4.69, 9.17) is 9.97 Å². The summed E-state index contributed by atoms with van der Waals surface area (Å²) in [5.41, 5.74) is 24.1.